The van der Waals surface area contributed by atoms with E-state index in [1.807, 2.05) is 20.8 Å². The molecule has 0 amide bonds. The maximum absolute atomic E-state index is 5.78. The van der Waals surface area contributed by atoms with E-state index >= 15 is 0 Å². The van der Waals surface area contributed by atoms with Crippen molar-refractivity contribution in [2.75, 3.05) is 0 Å². The Balaban J connectivity index is 2.49. The quantitative estimate of drug-likeness (QED) is 0.816. The molecule has 6 nitrogen and oxygen atoms in total. The molecule has 90 valence electrons. The summed E-state index contributed by atoms with van der Waals surface area (Å²) < 4.78 is 1.58. The molecule has 0 aromatic carbocycles. The van der Waals surface area contributed by atoms with Crippen LogP contribution in [0, 0.1) is 13.8 Å². The standard InChI is InChI=1S/C10H13ClN6/c1-5(2)9-13-7(4)17(16-9)10-12-6(3)8(11)14-15-10/h5H,1-4H3. The molecule has 0 fully saturated rings. The summed E-state index contributed by atoms with van der Waals surface area (Å²) >= 11 is 5.78. The van der Waals surface area contributed by atoms with Crippen LogP contribution in [0.25, 0.3) is 5.95 Å². The summed E-state index contributed by atoms with van der Waals surface area (Å²) in [7, 11) is 0. The van der Waals surface area contributed by atoms with Gasteiger partial charge in [0.05, 0.1) is 5.69 Å². The zero-order valence-electron chi connectivity index (χ0n) is 10.1. The molecule has 0 bridgehead atoms. The van der Waals surface area contributed by atoms with Crippen molar-refractivity contribution in [3.05, 3.63) is 22.5 Å². The maximum atomic E-state index is 5.78. The summed E-state index contributed by atoms with van der Waals surface area (Å²) in [4.78, 5) is 8.58. The van der Waals surface area contributed by atoms with E-state index in [0.29, 0.717) is 16.8 Å². The largest absolute Gasteiger partial charge is 0.272 e. The van der Waals surface area contributed by atoms with Crippen molar-refractivity contribution in [2.24, 2.45) is 0 Å². The molecule has 2 aromatic rings. The van der Waals surface area contributed by atoms with Crippen LogP contribution in [-0.2, 0) is 0 Å². The third-order valence-electron chi connectivity index (χ3n) is 2.28. The first-order valence-electron chi connectivity index (χ1n) is 5.29. The lowest BCUT2D eigenvalue weighted by atomic mass is 10.2. The van der Waals surface area contributed by atoms with Crippen LogP contribution >= 0.6 is 11.6 Å². The van der Waals surface area contributed by atoms with E-state index in [-0.39, 0.29) is 5.92 Å². The molecular weight excluding hydrogens is 240 g/mol. The Hall–Kier alpha value is -1.56. The van der Waals surface area contributed by atoms with Crippen molar-refractivity contribution >= 4 is 11.6 Å². The Bertz CT molecular complexity index is 548. The highest BCUT2D eigenvalue weighted by molar-refractivity contribution is 6.29. The summed E-state index contributed by atoms with van der Waals surface area (Å²) in [5, 5.41) is 12.4. The molecule has 0 aliphatic carbocycles. The van der Waals surface area contributed by atoms with Crippen LogP contribution in [0.3, 0.4) is 0 Å². The van der Waals surface area contributed by atoms with Gasteiger partial charge in [-0.25, -0.2) is 9.97 Å². The lowest BCUT2D eigenvalue weighted by molar-refractivity contribution is 0.710. The second kappa shape index (κ2) is 4.37. The van der Waals surface area contributed by atoms with Crippen LogP contribution in [0.1, 0.15) is 37.1 Å². The zero-order valence-corrected chi connectivity index (χ0v) is 10.9. The topological polar surface area (TPSA) is 69.4 Å². The number of rotatable bonds is 2. The van der Waals surface area contributed by atoms with Gasteiger partial charge in [0.2, 0.25) is 0 Å². The second-order valence-corrected chi connectivity index (χ2v) is 4.43. The molecule has 0 N–H and O–H groups in total. The average molecular weight is 253 g/mol. The molecule has 2 aromatic heterocycles. The van der Waals surface area contributed by atoms with E-state index in [1.54, 1.807) is 11.6 Å². The molecule has 0 atom stereocenters. The van der Waals surface area contributed by atoms with E-state index in [4.69, 9.17) is 11.6 Å². The molecule has 0 spiro atoms. The molecular formula is C10H13ClN6. The van der Waals surface area contributed by atoms with Gasteiger partial charge >= 0.3 is 0 Å². The molecule has 0 saturated heterocycles. The van der Waals surface area contributed by atoms with Gasteiger partial charge in [0.1, 0.15) is 5.82 Å². The van der Waals surface area contributed by atoms with Gasteiger partial charge in [0, 0.05) is 5.92 Å². The number of aryl methyl sites for hydroxylation is 2. The van der Waals surface area contributed by atoms with Crippen LogP contribution in [0.15, 0.2) is 0 Å². The van der Waals surface area contributed by atoms with E-state index in [0.717, 1.165) is 11.6 Å². The Morgan fingerprint density at radius 1 is 1.12 bits per heavy atom. The normalized spacial score (nSPS) is 11.2. The molecule has 0 saturated carbocycles. The number of halogens is 1. The average Bonchev–Trinajstić information content (AvgIpc) is 2.65. The molecule has 7 heteroatoms. The van der Waals surface area contributed by atoms with Crippen LogP contribution < -0.4 is 0 Å². The summed E-state index contributed by atoms with van der Waals surface area (Å²) in [5.41, 5.74) is 0.623. The Morgan fingerprint density at radius 2 is 1.82 bits per heavy atom. The van der Waals surface area contributed by atoms with E-state index in [1.165, 1.54) is 0 Å². The third kappa shape index (κ3) is 2.26. The minimum absolute atomic E-state index is 0.260. The monoisotopic (exact) mass is 252 g/mol. The maximum Gasteiger partial charge on any atom is 0.272 e. The predicted molar refractivity (Wildman–Crippen MR) is 63.3 cm³/mol. The molecule has 0 aliphatic heterocycles. The lowest BCUT2D eigenvalue weighted by Gasteiger charge is -2.01. The Kier molecular flexibility index (Phi) is 3.06. The fourth-order valence-electron chi connectivity index (χ4n) is 1.31. The molecule has 0 unspecified atom stereocenters. The van der Waals surface area contributed by atoms with Crippen LogP contribution in [0.2, 0.25) is 5.15 Å². The summed E-state index contributed by atoms with van der Waals surface area (Å²) in [6.45, 7) is 7.69. The van der Waals surface area contributed by atoms with Crippen molar-refractivity contribution in [3.8, 4) is 5.95 Å². The fraction of sp³-hybridized carbons (Fsp3) is 0.500. The van der Waals surface area contributed by atoms with Crippen LogP contribution in [0.4, 0.5) is 0 Å². The first-order valence-corrected chi connectivity index (χ1v) is 5.67. The zero-order chi connectivity index (χ0) is 12.6. The van der Waals surface area contributed by atoms with Crippen molar-refractivity contribution in [2.45, 2.75) is 33.6 Å². The molecule has 2 rings (SSSR count). The minimum atomic E-state index is 0.260. The van der Waals surface area contributed by atoms with Gasteiger partial charge in [-0.1, -0.05) is 25.4 Å². The van der Waals surface area contributed by atoms with Crippen molar-refractivity contribution in [1.82, 2.24) is 29.9 Å². The summed E-state index contributed by atoms with van der Waals surface area (Å²) in [6, 6.07) is 0. The Morgan fingerprint density at radius 3 is 2.35 bits per heavy atom. The van der Waals surface area contributed by atoms with Gasteiger partial charge in [-0.05, 0) is 13.8 Å². The van der Waals surface area contributed by atoms with Crippen molar-refractivity contribution in [3.63, 3.8) is 0 Å². The summed E-state index contributed by atoms with van der Waals surface area (Å²) in [6.07, 6.45) is 0. The highest BCUT2D eigenvalue weighted by atomic mass is 35.5. The number of hydrogen-bond donors (Lipinski definition) is 0. The van der Waals surface area contributed by atoms with E-state index in [2.05, 4.69) is 25.3 Å². The lowest BCUT2D eigenvalue weighted by Crippen LogP contribution is -2.08. The fourth-order valence-corrected chi connectivity index (χ4v) is 1.39. The Labute approximate surface area is 104 Å². The minimum Gasteiger partial charge on any atom is -0.216 e. The van der Waals surface area contributed by atoms with E-state index in [9.17, 15) is 0 Å². The van der Waals surface area contributed by atoms with Gasteiger partial charge in [-0.3, -0.25) is 0 Å². The summed E-state index contributed by atoms with van der Waals surface area (Å²) in [5.74, 6) is 2.15. The van der Waals surface area contributed by atoms with Crippen LogP contribution in [-0.4, -0.2) is 29.9 Å². The smallest absolute Gasteiger partial charge is 0.216 e. The predicted octanol–water partition coefficient (Wildman–Crippen LogP) is 1.85. The first kappa shape index (κ1) is 11.9. The molecule has 0 aliphatic rings. The van der Waals surface area contributed by atoms with Crippen molar-refractivity contribution < 1.29 is 0 Å². The number of aromatic nitrogens is 6. The van der Waals surface area contributed by atoms with Crippen LogP contribution in [0.5, 0.6) is 0 Å². The van der Waals surface area contributed by atoms with Gasteiger partial charge < -0.3 is 0 Å². The molecule has 2 heterocycles. The molecule has 0 radical (unpaired) electrons. The highest BCUT2D eigenvalue weighted by Crippen LogP contribution is 2.13. The third-order valence-corrected chi connectivity index (χ3v) is 2.63. The first-order chi connectivity index (χ1) is 7.99. The van der Waals surface area contributed by atoms with Crippen molar-refractivity contribution in [1.29, 1.82) is 0 Å². The van der Waals surface area contributed by atoms with Gasteiger partial charge in [-0.2, -0.15) is 4.68 Å². The van der Waals surface area contributed by atoms with Gasteiger partial charge in [0.15, 0.2) is 11.0 Å². The van der Waals surface area contributed by atoms with Gasteiger partial charge in [0.25, 0.3) is 5.95 Å². The highest BCUT2D eigenvalue weighted by Gasteiger charge is 2.13. The number of nitrogens with zero attached hydrogens (tertiary/aromatic N) is 6. The SMILES string of the molecule is Cc1nc(-n2nc(C(C)C)nc2C)nnc1Cl. The van der Waals surface area contributed by atoms with E-state index < -0.39 is 0 Å². The van der Waals surface area contributed by atoms with Gasteiger partial charge in [-0.15, -0.1) is 15.3 Å². The second-order valence-electron chi connectivity index (χ2n) is 4.07. The molecule has 17 heavy (non-hydrogen) atoms. The number of hydrogen-bond acceptors (Lipinski definition) is 5.